The van der Waals surface area contributed by atoms with Crippen LogP contribution < -0.4 is 0 Å². The molecule has 98 valence electrons. The van der Waals surface area contributed by atoms with Crippen LogP contribution in [0.3, 0.4) is 0 Å². The van der Waals surface area contributed by atoms with Gasteiger partial charge in [0.05, 0.1) is 0 Å². The van der Waals surface area contributed by atoms with Gasteiger partial charge >= 0.3 is 0 Å². The van der Waals surface area contributed by atoms with Crippen molar-refractivity contribution in [3.63, 3.8) is 0 Å². The van der Waals surface area contributed by atoms with Gasteiger partial charge in [0, 0.05) is 0 Å². The highest BCUT2D eigenvalue weighted by Crippen LogP contribution is 2.48. The molecule has 1 fully saturated rings. The third-order valence-electron chi connectivity index (χ3n) is 4.37. The van der Waals surface area contributed by atoms with Gasteiger partial charge in [-0.15, -0.1) is 0 Å². The highest BCUT2D eigenvalue weighted by Gasteiger charge is 2.33. The molecule has 2 aliphatic carbocycles. The molecule has 0 aliphatic heterocycles. The molecule has 1 nitrogen and oxygen atoms in total. The summed E-state index contributed by atoms with van der Waals surface area (Å²) in [6, 6.07) is 6.73. The zero-order valence-electron chi connectivity index (χ0n) is 10.8. The Kier molecular flexibility index (Phi) is 3.33. The third kappa shape index (κ3) is 2.40. The fraction of sp³-hybridized carbons (Fsp3) is 0.353. The molecule has 0 heterocycles. The number of hydrogen-bond donors (Lipinski definition) is 0. The van der Waals surface area contributed by atoms with Crippen LogP contribution in [0, 0.1) is 17.7 Å². The predicted octanol–water partition coefficient (Wildman–Crippen LogP) is 4.15. The summed E-state index contributed by atoms with van der Waals surface area (Å²) in [7, 11) is 0. The topological polar surface area (TPSA) is 17.1 Å². The van der Waals surface area contributed by atoms with Gasteiger partial charge in [-0.1, -0.05) is 18.2 Å². The number of benzene rings is 1. The summed E-state index contributed by atoms with van der Waals surface area (Å²) in [5.74, 6) is 1.14. The van der Waals surface area contributed by atoms with E-state index in [1.165, 1.54) is 42.5 Å². The Morgan fingerprint density at radius 2 is 1.95 bits per heavy atom. The van der Waals surface area contributed by atoms with Crippen molar-refractivity contribution >= 4 is 11.9 Å². The number of allylic oxidation sites excluding steroid dienone is 4. The zero-order chi connectivity index (χ0) is 13.2. The van der Waals surface area contributed by atoms with Crippen molar-refractivity contribution in [3.05, 3.63) is 53.4 Å². The van der Waals surface area contributed by atoms with Crippen LogP contribution in [0.25, 0.3) is 5.57 Å². The van der Waals surface area contributed by atoms with Gasteiger partial charge in [0.15, 0.2) is 0 Å². The van der Waals surface area contributed by atoms with E-state index >= 15 is 0 Å². The lowest BCUT2D eigenvalue weighted by Crippen LogP contribution is -2.10. The van der Waals surface area contributed by atoms with Gasteiger partial charge in [0.1, 0.15) is 12.1 Å². The molecule has 0 aromatic heterocycles. The molecule has 2 unspecified atom stereocenters. The Morgan fingerprint density at radius 3 is 2.68 bits per heavy atom. The van der Waals surface area contributed by atoms with Gasteiger partial charge in [0.2, 0.25) is 0 Å². The number of halogens is 1. The van der Waals surface area contributed by atoms with E-state index in [1.807, 2.05) is 18.2 Å². The standard InChI is InChI=1S/C17H17FO/c18-15-7-5-13(6-8-15)17-11-12-3-4-14(10-12)16(17)2-1-9-19/h1-2,5-9,12,14H,3-4,10-11H2/b2-1+. The molecule has 3 rings (SSSR count). The van der Waals surface area contributed by atoms with Crippen molar-refractivity contribution in [2.24, 2.45) is 11.8 Å². The van der Waals surface area contributed by atoms with Crippen molar-refractivity contribution < 1.29 is 9.18 Å². The van der Waals surface area contributed by atoms with Crippen LogP contribution in [0.5, 0.6) is 0 Å². The van der Waals surface area contributed by atoms with E-state index in [0.717, 1.165) is 24.2 Å². The highest BCUT2D eigenvalue weighted by molar-refractivity contribution is 5.75. The molecular formula is C17H17FO. The predicted molar refractivity (Wildman–Crippen MR) is 74.0 cm³/mol. The maximum atomic E-state index is 13.0. The SMILES string of the molecule is O=C/C=C/C1=C(c2ccc(F)cc2)CC2CCC1C2. The first-order valence-corrected chi connectivity index (χ1v) is 6.88. The molecule has 0 amide bonds. The molecule has 1 saturated carbocycles. The Labute approximate surface area is 112 Å². The lowest BCUT2D eigenvalue weighted by molar-refractivity contribution is -0.104. The van der Waals surface area contributed by atoms with Crippen LogP contribution in [-0.4, -0.2) is 6.29 Å². The van der Waals surface area contributed by atoms with Crippen molar-refractivity contribution in [1.29, 1.82) is 0 Å². The summed E-state index contributed by atoms with van der Waals surface area (Å²) in [6.45, 7) is 0. The molecule has 19 heavy (non-hydrogen) atoms. The van der Waals surface area contributed by atoms with E-state index in [4.69, 9.17) is 0 Å². The number of carbonyl (C=O) groups is 1. The van der Waals surface area contributed by atoms with Crippen LogP contribution in [0.4, 0.5) is 4.39 Å². The van der Waals surface area contributed by atoms with E-state index in [-0.39, 0.29) is 5.82 Å². The highest BCUT2D eigenvalue weighted by atomic mass is 19.1. The summed E-state index contributed by atoms with van der Waals surface area (Å²) >= 11 is 0. The number of rotatable bonds is 3. The minimum atomic E-state index is -0.201. The number of hydrogen-bond acceptors (Lipinski definition) is 1. The minimum absolute atomic E-state index is 0.201. The maximum Gasteiger partial charge on any atom is 0.142 e. The normalized spacial score (nSPS) is 26.2. The average Bonchev–Trinajstić information content (AvgIpc) is 2.81. The van der Waals surface area contributed by atoms with Crippen LogP contribution in [-0.2, 0) is 4.79 Å². The second-order valence-corrected chi connectivity index (χ2v) is 5.52. The van der Waals surface area contributed by atoms with E-state index < -0.39 is 0 Å². The van der Waals surface area contributed by atoms with Crippen molar-refractivity contribution in [3.8, 4) is 0 Å². The molecule has 2 bridgehead atoms. The van der Waals surface area contributed by atoms with E-state index in [9.17, 15) is 9.18 Å². The molecule has 0 saturated heterocycles. The lowest BCUT2D eigenvalue weighted by atomic mass is 9.80. The zero-order valence-corrected chi connectivity index (χ0v) is 10.8. The summed E-state index contributed by atoms with van der Waals surface area (Å²) in [5.41, 5.74) is 3.69. The summed E-state index contributed by atoms with van der Waals surface area (Å²) in [5, 5.41) is 0. The smallest absolute Gasteiger partial charge is 0.142 e. The third-order valence-corrected chi connectivity index (χ3v) is 4.37. The van der Waals surface area contributed by atoms with Crippen LogP contribution in [0.2, 0.25) is 0 Å². The van der Waals surface area contributed by atoms with Crippen LogP contribution in [0.15, 0.2) is 42.0 Å². The molecule has 1 aromatic rings. The Balaban J connectivity index is 2.04. The molecule has 2 atom stereocenters. The number of fused-ring (bicyclic) bond motifs is 2. The molecule has 2 aliphatic rings. The number of aldehydes is 1. The lowest BCUT2D eigenvalue weighted by Gasteiger charge is -2.25. The van der Waals surface area contributed by atoms with Gasteiger partial charge in [0.25, 0.3) is 0 Å². The molecular weight excluding hydrogens is 239 g/mol. The Bertz CT molecular complexity index is 539. The minimum Gasteiger partial charge on any atom is -0.299 e. The van der Waals surface area contributed by atoms with Crippen molar-refractivity contribution in [2.45, 2.75) is 25.7 Å². The second kappa shape index (κ2) is 5.12. The van der Waals surface area contributed by atoms with Crippen LogP contribution in [0.1, 0.15) is 31.2 Å². The quantitative estimate of drug-likeness (QED) is 0.586. The first-order valence-electron chi connectivity index (χ1n) is 6.88. The summed E-state index contributed by atoms with van der Waals surface area (Å²) in [6.07, 6.45) is 9.15. The Morgan fingerprint density at radius 1 is 1.16 bits per heavy atom. The van der Waals surface area contributed by atoms with E-state index in [2.05, 4.69) is 0 Å². The van der Waals surface area contributed by atoms with E-state index in [0.29, 0.717) is 5.92 Å². The molecule has 1 aromatic carbocycles. The van der Waals surface area contributed by atoms with Gasteiger partial charge in [-0.05, 0) is 72.4 Å². The number of carbonyl (C=O) groups excluding carboxylic acids is 1. The first kappa shape index (κ1) is 12.3. The van der Waals surface area contributed by atoms with Gasteiger partial charge in [-0.2, -0.15) is 0 Å². The molecule has 0 N–H and O–H groups in total. The summed E-state index contributed by atoms with van der Waals surface area (Å²) < 4.78 is 13.0. The fourth-order valence-corrected chi connectivity index (χ4v) is 3.51. The van der Waals surface area contributed by atoms with Crippen molar-refractivity contribution in [2.75, 3.05) is 0 Å². The Hall–Kier alpha value is -1.70. The maximum absolute atomic E-state index is 13.0. The molecule has 2 heteroatoms. The van der Waals surface area contributed by atoms with Gasteiger partial charge < -0.3 is 0 Å². The second-order valence-electron chi connectivity index (χ2n) is 5.52. The average molecular weight is 256 g/mol. The summed E-state index contributed by atoms with van der Waals surface area (Å²) in [4.78, 5) is 10.6. The van der Waals surface area contributed by atoms with Crippen LogP contribution >= 0.6 is 0 Å². The van der Waals surface area contributed by atoms with Gasteiger partial charge in [-0.25, -0.2) is 4.39 Å². The largest absolute Gasteiger partial charge is 0.299 e. The molecule has 0 spiro atoms. The fourth-order valence-electron chi connectivity index (χ4n) is 3.51. The van der Waals surface area contributed by atoms with E-state index in [1.54, 1.807) is 6.08 Å². The monoisotopic (exact) mass is 256 g/mol. The van der Waals surface area contributed by atoms with Crippen molar-refractivity contribution in [1.82, 2.24) is 0 Å². The first-order chi connectivity index (χ1) is 9.28. The molecule has 0 radical (unpaired) electrons. The van der Waals surface area contributed by atoms with Gasteiger partial charge in [-0.3, -0.25) is 4.79 Å².